The molecule has 1 aromatic carbocycles. The van der Waals surface area contributed by atoms with Gasteiger partial charge in [-0.15, -0.1) is 0 Å². The molecule has 0 spiro atoms. The first-order valence-electron chi connectivity index (χ1n) is 9.26. The van der Waals surface area contributed by atoms with Gasteiger partial charge in [0.25, 0.3) is 12.3 Å². The molecule has 4 rings (SSSR count). The van der Waals surface area contributed by atoms with Gasteiger partial charge in [0.1, 0.15) is 29.6 Å². The maximum Gasteiger partial charge on any atom is 0.408 e. The zero-order valence-electron chi connectivity index (χ0n) is 16.2. The fourth-order valence-electron chi connectivity index (χ4n) is 3.43. The molecule has 6 nitrogen and oxygen atoms in total. The van der Waals surface area contributed by atoms with Crippen molar-refractivity contribution < 1.29 is 40.3 Å². The number of imidazole rings is 1. The normalized spacial score (nSPS) is 16.5. The standard InChI is InChI=1S/C19H12BrF7N4O2/c20-9-5-10-11(6-12(9)33-18(23)24)31(7-28-10)14-2-1-8(16(21)22)15(29-14)17(32)30-4-3-13(30)19(25,26)27/h1-2,5-7,13,16,18H,3-4H2. The van der Waals surface area contributed by atoms with Crippen molar-refractivity contribution in [1.82, 2.24) is 19.4 Å². The molecule has 33 heavy (non-hydrogen) atoms. The van der Waals surface area contributed by atoms with E-state index in [0.717, 1.165) is 12.1 Å². The number of rotatable bonds is 5. The molecule has 1 atom stereocenters. The summed E-state index contributed by atoms with van der Waals surface area (Å²) in [6.07, 6.45) is -7.01. The number of hydrogen-bond acceptors (Lipinski definition) is 4. The summed E-state index contributed by atoms with van der Waals surface area (Å²) in [7, 11) is 0. The Morgan fingerprint density at radius 1 is 1.18 bits per heavy atom. The van der Waals surface area contributed by atoms with E-state index in [0.29, 0.717) is 4.90 Å². The predicted octanol–water partition coefficient (Wildman–Crippen LogP) is 5.50. The van der Waals surface area contributed by atoms with E-state index >= 15 is 0 Å². The van der Waals surface area contributed by atoms with Gasteiger partial charge in [0, 0.05) is 18.2 Å². The van der Waals surface area contributed by atoms with Crippen molar-refractivity contribution in [1.29, 1.82) is 0 Å². The second kappa shape index (κ2) is 8.47. The number of alkyl halides is 7. The molecule has 14 heteroatoms. The molecule has 1 fully saturated rings. The summed E-state index contributed by atoms with van der Waals surface area (Å²) < 4.78 is 97.4. The average Bonchev–Trinajstić information content (AvgIpc) is 3.07. The third-order valence-electron chi connectivity index (χ3n) is 5.07. The van der Waals surface area contributed by atoms with Crippen molar-refractivity contribution >= 4 is 32.9 Å². The maximum absolute atomic E-state index is 13.5. The van der Waals surface area contributed by atoms with Crippen LogP contribution < -0.4 is 4.74 Å². The van der Waals surface area contributed by atoms with Gasteiger partial charge in [0.2, 0.25) is 0 Å². The summed E-state index contributed by atoms with van der Waals surface area (Å²) in [4.78, 5) is 21.1. The Labute approximate surface area is 189 Å². The van der Waals surface area contributed by atoms with Gasteiger partial charge >= 0.3 is 12.8 Å². The van der Waals surface area contributed by atoms with Crippen LogP contribution in [0.2, 0.25) is 0 Å². The Bertz CT molecular complexity index is 1210. The number of hydrogen-bond donors (Lipinski definition) is 0. The number of carbonyl (C=O) groups excluding carboxylic acids is 1. The minimum Gasteiger partial charge on any atom is -0.434 e. The van der Waals surface area contributed by atoms with Gasteiger partial charge in [-0.25, -0.2) is 18.7 Å². The van der Waals surface area contributed by atoms with Gasteiger partial charge in [0.15, 0.2) is 0 Å². The number of aromatic nitrogens is 3. The SMILES string of the molecule is O=C(c1nc(-n2cnc3cc(Br)c(OC(F)F)cc32)ccc1C(F)F)N1CCC1C(F)(F)F. The molecule has 176 valence electrons. The molecular formula is C19H12BrF7N4O2. The van der Waals surface area contributed by atoms with Crippen LogP contribution in [0.4, 0.5) is 30.7 Å². The van der Waals surface area contributed by atoms with Crippen LogP contribution in [-0.2, 0) is 0 Å². The monoisotopic (exact) mass is 540 g/mol. The predicted molar refractivity (Wildman–Crippen MR) is 104 cm³/mol. The van der Waals surface area contributed by atoms with Crippen molar-refractivity contribution in [3.8, 4) is 11.6 Å². The number of ether oxygens (including phenoxy) is 1. The molecule has 1 aliphatic rings. The smallest absolute Gasteiger partial charge is 0.408 e. The molecule has 0 bridgehead atoms. The molecule has 0 saturated carbocycles. The number of likely N-dealkylation sites (tertiary alicyclic amines) is 1. The second-order valence-electron chi connectivity index (χ2n) is 7.02. The van der Waals surface area contributed by atoms with E-state index in [4.69, 9.17) is 0 Å². The number of pyridine rings is 1. The van der Waals surface area contributed by atoms with Gasteiger partial charge in [-0.2, -0.15) is 22.0 Å². The van der Waals surface area contributed by atoms with Crippen LogP contribution >= 0.6 is 15.9 Å². The molecule has 0 radical (unpaired) electrons. The highest BCUT2D eigenvalue weighted by molar-refractivity contribution is 9.10. The summed E-state index contributed by atoms with van der Waals surface area (Å²) in [5.74, 6) is -1.65. The molecule has 1 amide bonds. The van der Waals surface area contributed by atoms with Crippen molar-refractivity contribution in [2.24, 2.45) is 0 Å². The first kappa shape index (κ1) is 23.3. The number of nitrogens with zero attached hydrogens (tertiary/aromatic N) is 4. The molecular weight excluding hydrogens is 529 g/mol. The molecule has 2 aromatic heterocycles. The highest BCUT2D eigenvalue weighted by Gasteiger charge is 2.51. The zero-order chi connectivity index (χ0) is 24.1. The van der Waals surface area contributed by atoms with Gasteiger partial charge in [0.05, 0.1) is 15.5 Å². The fourth-order valence-corrected chi connectivity index (χ4v) is 3.85. The van der Waals surface area contributed by atoms with Gasteiger partial charge < -0.3 is 9.64 Å². The molecule has 0 aliphatic carbocycles. The Morgan fingerprint density at radius 2 is 1.91 bits per heavy atom. The largest absolute Gasteiger partial charge is 0.434 e. The Hall–Kier alpha value is -2.90. The lowest BCUT2D eigenvalue weighted by molar-refractivity contribution is -0.199. The molecule has 1 unspecified atom stereocenters. The summed E-state index contributed by atoms with van der Waals surface area (Å²) in [5, 5.41) is 0. The van der Waals surface area contributed by atoms with E-state index in [1.54, 1.807) is 0 Å². The summed E-state index contributed by atoms with van der Waals surface area (Å²) in [6, 6.07) is 2.48. The third-order valence-corrected chi connectivity index (χ3v) is 5.69. The lowest BCUT2D eigenvalue weighted by Gasteiger charge is -2.41. The van der Waals surface area contributed by atoms with E-state index in [-0.39, 0.29) is 40.0 Å². The van der Waals surface area contributed by atoms with Crippen LogP contribution in [-0.4, -0.2) is 50.7 Å². The van der Waals surface area contributed by atoms with Crippen molar-refractivity contribution in [3.63, 3.8) is 0 Å². The van der Waals surface area contributed by atoms with E-state index in [9.17, 15) is 35.5 Å². The van der Waals surface area contributed by atoms with Crippen molar-refractivity contribution in [3.05, 3.63) is 46.3 Å². The van der Waals surface area contributed by atoms with Crippen molar-refractivity contribution in [2.75, 3.05) is 6.54 Å². The third kappa shape index (κ3) is 4.35. The number of halogens is 8. The Kier molecular flexibility index (Phi) is 5.97. The van der Waals surface area contributed by atoms with E-state index in [1.165, 1.54) is 23.0 Å². The highest BCUT2D eigenvalue weighted by Crippen LogP contribution is 2.36. The van der Waals surface area contributed by atoms with Crippen molar-refractivity contribution in [2.45, 2.75) is 31.7 Å². The summed E-state index contributed by atoms with van der Waals surface area (Å²) in [5.41, 5.74) is -1.19. The van der Waals surface area contributed by atoms with Crippen LogP contribution in [0.1, 0.15) is 28.9 Å². The second-order valence-corrected chi connectivity index (χ2v) is 7.87. The topological polar surface area (TPSA) is 60.3 Å². The van der Waals surface area contributed by atoms with Gasteiger partial charge in [-0.1, -0.05) is 0 Å². The highest BCUT2D eigenvalue weighted by atomic mass is 79.9. The Morgan fingerprint density at radius 3 is 2.48 bits per heavy atom. The van der Waals surface area contributed by atoms with Crippen LogP contribution in [0.25, 0.3) is 16.9 Å². The zero-order valence-corrected chi connectivity index (χ0v) is 17.7. The minimum absolute atomic E-state index is 0.125. The average molecular weight is 541 g/mol. The molecule has 3 aromatic rings. The molecule has 3 heterocycles. The van der Waals surface area contributed by atoms with Gasteiger partial charge in [-0.3, -0.25) is 9.36 Å². The quantitative estimate of drug-likeness (QED) is 0.401. The van der Waals surface area contributed by atoms with E-state index in [1.807, 2.05) is 0 Å². The first-order chi connectivity index (χ1) is 15.5. The molecule has 1 saturated heterocycles. The fraction of sp³-hybridized carbons (Fsp3) is 0.316. The summed E-state index contributed by atoms with van der Waals surface area (Å²) >= 11 is 3.07. The molecule has 1 aliphatic heterocycles. The first-order valence-corrected chi connectivity index (χ1v) is 10.0. The van der Waals surface area contributed by atoms with Crippen LogP contribution in [0.5, 0.6) is 5.75 Å². The number of benzene rings is 1. The molecule has 0 N–H and O–H groups in total. The van der Waals surface area contributed by atoms with Gasteiger partial charge in [-0.05, 0) is 40.5 Å². The summed E-state index contributed by atoms with van der Waals surface area (Å²) in [6.45, 7) is -3.38. The van der Waals surface area contributed by atoms with Crippen LogP contribution in [0, 0.1) is 0 Å². The lowest BCUT2D eigenvalue weighted by atomic mass is 10.0. The number of amides is 1. The number of fused-ring (bicyclic) bond motifs is 1. The minimum atomic E-state index is -4.70. The Balaban J connectivity index is 1.79. The maximum atomic E-state index is 13.5. The van der Waals surface area contributed by atoms with Crippen LogP contribution in [0.3, 0.4) is 0 Å². The van der Waals surface area contributed by atoms with E-state index < -0.39 is 42.4 Å². The van der Waals surface area contributed by atoms with E-state index in [2.05, 4.69) is 30.6 Å². The van der Waals surface area contributed by atoms with Crippen LogP contribution in [0.15, 0.2) is 35.1 Å². The number of carbonyl (C=O) groups is 1. The lowest BCUT2D eigenvalue weighted by Crippen LogP contribution is -2.58.